The maximum absolute atomic E-state index is 5.69. The molecule has 0 saturated heterocycles. The molecule has 0 atom stereocenters. The maximum Gasteiger partial charge on any atom is 0.110 e. The number of aryl methyl sites for hydroxylation is 3. The summed E-state index contributed by atoms with van der Waals surface area (Å²) in [5.41, 5.74) is 13.1. The molecule has 1 aromatic heterocycles. The molecule has 3 aromatic rings. The van der Waals surface area contributed by atoms with Gasteiger partial charge in [0.25, 0.3) is 0 Å². The van der Waals surface area contributed by atoms with Gasteiger partial charge in [0.2, 0.25) is 0 Å². The topological polar surface area (TPSA) is 43.8 Å². The fourth-order valence-corrected chi connectivity index (χ4v) is 2.98. The van der Waals surface area contributed by atoms with E-state index in [0.717, 1.165) is 24.9 Å². The Morgan fingerprint density at radius 3 is 2.30 bits per heavy atom. The van der Waals surface area contributed by atoms with Crippen LogP contribution < -0.4 is 5.73 Å². The van der Waals surface area contributed by atoms with E-state index in [1.165, 1.54) is 33.6 Å². The summed E-state index contributed by atoms with van der Waals surface area (Å²) < 4.78 is 2.36. The molecule has 0 spiro atoms. The van der Waals surface area contributed by atoms with Crippen LogP contribution in [-0.4, -0.2) is 9.55 Å². The minimum atomic E-state index is 0.591. The molecule has 0 aliphatic carbocycles. The minimum absolute atomic E-state index is 0.591. The van der Waals surface area contributed by atoms with Gasteiger partial charge in [-0.15, -0.1) is 0 Å². The van der Waals surface area contributed by atoms with Crippen LogP contribution in [0.5, 0.6) is 0 Å². The van der Waals surface area contributed by atoms with E-state index in [0.29, 0.717) is 6.54 Å². The van der Waals surface area contributed by atoms with Gasteiger partial charge in [0, 0.05) is 19.5 Å². The molecule has 120 valence electrons. The summed E-state index contributed by atoms with van der Waals surface area (Å²) in [6, 6.07) is 13.0. The molecule has 0 aliphatic heterocycles. The minimum Gasteiger partial charge on any atom is -0.326 e. The number of nitrogens with two attached hydrogens (primary N) is 1. The van der Waals surface area contributed by atoms with Crippen LogP contribution in [0.1, 0.15) is 41.4 Å². The average Bonchev–Trinajstić information content (AvgIpc) is 2.86. The Balaban J connectivity index is 2.05. The number of rotatable bonds is 5. The average molecular weight is 307 g/mol. The molecule has 0 bridgehead atoms. The number of nitrogens with zero attached hydrogens (tertiary/aromatic N) is 2. The van der Waals surface area contributed by atoms with Gasteiger partial charge in [0.1, 0.15) is 5.82 Å². The molecule has 0 unspecified atom stereocenters. The maximum atomic E-state index is 5.69. The summed E-state index contributed by atoms with van der Waals surface area (Å²) in [6.07, 6.45) is 2.11. The van der Waals surface area contributed by atoms with Crippen LogP contribution >= 0.6 is 0 Å². The molecule has 0 amide bonds. The lowest BCUT2D eigenvalue weighted by atomic mass is 10.1. The first-order chi connectivity index (χ1) is 11.1. The van der Waals surface area contributed by atoms with Crippen LogP contribution in [0.15, 0.2) is 36.4 Å². The van der Waals surface area contributed by atoms with E-state index in [-0.39, 0.29) is 0 Å². The van der Waals surface area contributed by atoms with Gasteiger partial charge in [-0.2, -0.15) is 0 Å². The number of fused-ring (bicyclic) bond motifs is 1. The lowest BCUT2D eigenvalue weighted by Crippen LogP contribution is -2.05. The lowest BCUT2D eigenvalue weighted by Gasteiger charge is -2.10. The van der Waals surface area contributed by atoms with Crippen LogP contribution in [0.3, 0.4) is 0 Å². The molecule has 3 rings (SSSR count). The molecule has 1 heterocycles. The molecule has 0 fully saturated rings. The molecule has 0 aliphatic rings. The van der Waals surface area contributed by atoms with E-state index >= 15 is 0 Å². The van der Waals surface area contributed by atoms with Gasteiger partial charge in [-0.1, -0.05) is 31.2 Å². The van der Waals surface area contributed by atoms with Crippen LogP contribution in [0, 0.1) is 13.8 Å². The third-order valence-electron chi connectivity index (χ3n) is 4.52. The number of hydrogen-bond acceptors (Lipinski definition) is 2. The zero-order valence-corrected chi connectivity index (χ0v) is 14.3. The van der Waals surface area contributed by atoms with E-state index in [1.54, 1.807) is 0 Å². The molecule has 2 aromatic carbocycles. The van der Waals surface area contributed by atoms with Crippen molar-refractivity contribution in [2.45, 2.75) is 46.7 Å². The van der Waals surface area contributed by atoms with E-state index < -0.39 is 0 Å². The third-order valence-corrected chi connectivity index (χ3v) is 4.52. The Morgan fingerprint density at radius 2 is 1.65 bits per heavy atom. The fraction of sp³-hybridized carbons (Fsp3) is 0.350. The van der Waals surface area contributed by atoms with Gasteiger partial charge < -0.3 is 10.3 Å². The van der Waals surface area contributed by atoms with Crippen molar-refractivity contribution in [3.63, 3.8) is 0 Å². The van der Waals surface area contributed by atoms with Crippen molar-refractivity contribution in [3.8, 4) is 0 Å². The quantitative estimate of drug-likeness (QED) is 0.771. The SMILES string of the molecule is CCCc1nc2cc(C)c(C)cc2n1Cc1ccc(CN)cc1. The van der Waals surface area contributed by atoms with E-state index in [4.69, 9.17) is 10.7 Å². The highest BCUT2D eigenvalue weighted by Crippen LogP contribution is 2.23. The summed E-state index contributed by atoms with van der Waals surface area (Å²) in [5, 5.41) is 0. The van der Waals surface area contributed by atoms with Crippen molar-refractivity contribution in [2.24, 2.45) is 5.73 Å². The summed E-state index contributed by atoms with van der Waals surface area (Å²) in [5.74, 6) is 1.18. The lowest BCUT2D eigenvalue weighted by molar-refractivity contribution is 0.721. The van der Waals surface area contributed by atoms with Gasteiger partial charge in [0.15, 0.2) is 0 Å². The Kier molecular flexibility index (Phi) is 4.49. The fourth-order valence-electron chi connectivity index (χ4n) is 2.98. The Hall–Kier alpha value is -2.13. The Morgan fingerprint density at radius 1 is 1.00 bits per heavy atom. The number of imidazole rings is 1. The predicted octanol–water partition coefficient (Wildman–Crippen LogP) is 4.11. The molecule has 2 N–H and O–H groups in total. The van der Waals surface area contributed by atoms with Gasteiger partial charge in [-0.3, -0.25) is 0 Å². The van der Waals surface area contributed by atoms with Gasteiger partial charge in [-0.25, -0.2) is 4.98 Å². The summed E-state index contributed by atoms with van der Waals surface area (Å²) >= 11 is 0. The van der Waals surface area contributed by atoms with Gasteiger partial charge in [-0.05, 0) is 54.7 Å². The zero-order valence-electron chi connectivity index (χ0n) is 14.3. The van der Waals surface area contributed by atoms with Crippen molar-refractivity contribution < 1.29 is 0 Å². The largest absolute Gasteiger partial charge is 0.326 e. The first kappa shape index (κ1) is 15.8. The monoisotopic (exact) mass is 307 g/mol. The van der Waals surface area contributed by atoms with E-state index in [2.05, 4.69) is 61.7 Å². The standard InChI is InChI=1S/C20H25N3/c1-4-5-20-22-18-10-14(2)15(3)11-19(18)23(20)13-17-8-6-16(12-21)7-9-17/h6-11H,4-5,12-13,21H2,1-3H3. The van der Waals surface area contributed by atoms with Crippen molar-refractivity contribution in [1.82, 2.24) is 9.55 Å². The number of benzene rings is 2. The third kappa shape index (κ3) is 3.15. The molecular formula is C20H25N3. The van der Waals surface area contributed by atoms with Crippen molar-refractivity contribution in [3.05, 3.63) is 64.5 Å². The molecular weight excluding hydrogens is 282 g/mol. The number of hydrogen-bond donors (Lipinski definition) is 1. The second-order valence-corrected chi connectivity index (χ2v) is 6.31. The first-order valence-electron chi connectivity index (χ1n) is 8.36. The summed E-state index contributed by atoms with van der Waals surface area (Å²) in [7, 11) is 0. The van der Waals surface area contributed by atoms with Crippen molar-refractivity contribution >= 4 is 11.0 Å². The number of aromatic nitrogens is 2. The second-order valence-electron chi connectivity index (χ2n) is 6.31. The van der Waals surface area contributed by atoms with Crippen LogP contribution in [0.4, 0.5) is 0 Å². The molecule has 0 saturated carbocycles. The highest BCUT2D eigenvalue weighted by molar-refractivity contribution is 5.78. The smallest absolute Gasteiger partial charge is 0.110 e. The Bertz CT molecular complexity index is 813. The van der Waals surface area contributed by atoms with Crippen molar-refractivity contribution in [2.75, 3.05) is 0 Å². The molecule has 23 heavy (non-hydrogen) atoms. The van der Waals surface area contributed by atoms with E-state index in [1.807, 2.05) is 0 Å². The highest BCUT2D eigenvalue weighted by atomic mass is 15.1. The van der Waals surface area contributed by atoms with Crippen molar-refractivity contribution in [1.29, 1.82) is 0 Å². The normalized spacial score (nSPS) is 11.3. The second kappa shape index (κ2) is 6.55. The zero-order chi connectivity index (χ0) is 16.4. The molecule has 3 heteroatoms. The summed E-state index contributed by atoms with van der Waals surface area (Å²) in [4.78, 5) is 4.88. The predicted molar refractivity (Wildman–Crippen MR) is 96.6 cm³/mol. The van der Waals surface area contributed by atoms with Crippen LogP contribution in [-0.2, 0) is 19.5 Å². The van der Waals surface area contributed by atoms with Gasteiger partial charge in [0.05, 0.1) is 11.0 Å². The summed E-state index contributed by atoms with van der Waals surface area (Å²) in [6.45, 7) is 7.98. The van der Waals surface area contributed by atoms with E-state index in [9.17, 15) is 0 Å². The van der Waals surface area contributed by atoms with Crippen LogP contribution in [0.2, 0.25) is 0 Å². The molecule has 3 nitrogen and oxygen atoms in total. The molecule has 0 radical (unpaired) electrons. The van der Waals surface area contributed by atoms with Crippen LogP contribution in [0.25, 0.3) is 11.0 Å². The van der Waals surface area contributed by atoms with Gasteiger partial charge >= 0.3 is 0 Å². The first-order valence-corrected chi connectivity index (χ1v) is 8.36. The highest BCUT2D eigenvalue weighted by Gasteiger charge is 2.12. The Labute approximate surface area is 138 Å².